The van der Waals surface area contributed by atoms with Gasteiger partial charge < -0.3 is 5.11 Å². The lowest BCUT2D eigenvalue weighted by Crippen LogP contribution is -2.22. The van der Waals surface area contributed by atoms with Gasteiger partial charge in [-0.05, 0) is 45.1 Å². The van der Waals surface area contributed by atoms with Gasteiger partial charge in [0.1, 0.15) is 9.96 Å². The van der Waals surface area contributed by atoms with E-state index in [1.54, 1.807) is 23.6 Å². The third-order valence-corrected chi connectivity index (χ3v) is 6.28. The van der Waals surface area contributed by atoms with Crippen molar-refractivity contribution in [2.24, 2.45) is 0 Å². The summed E-state index contributed by atoms with van der Waals surface area (Å²) in [4.78, 5) is 0. The van der Waals surface area contributed by atoms with E-state index in [4.69, 9.17) is 0 Å². The first kappa shape index (κ1) is 13.5. The molecule has 0 unspecified atom stereocenters. The van der Waals surface area contributed by atoms with E-state index >= 15 is 0 Å². The van der Waals surface area contributed by atoms with Crippen LogP contribution in [0.3, 0.4) is 0 Å². The molecule has 0 aliphatic rings. The fraction of sp³-hybridized carbons (Fsp3) is 0.0909. The maximum Gasteiger partial charge on any atom is 0.251 e. The summed E-state index contributed by atoms with van der Waals surface area (Å²) in [5, 5.41) is 11.0. The average Bonchev–Trinajstić information content (AvgIpc) is 2.74. The lowest BCUT2D eigenvalue weighted by molar-refractivity contribution is 0.474. The van der Waals surface area contributed by atoms with Crippen molar-refractivity contribution in [1.29, 1.82) is 0 Å². The topological polar surface area (TPSA) is 66.4 Å². The highest BCUT2D eigenvalue weighted by Crippen LogP contribution is 2.27. The average molecular weight is 348 g/mol. The van der Waals surface area contributed by atoms with E-state index in [0.29, 0.717) is 10.0 Å². The molecule has 2 rings (SSSR count). The largest absolute Gasteiger partial charge is 0.508 e. The van der Waals surface area contributed by atoms with Gasteiger partial charge in [0.15, 0.2) is 0 Å². The molecule has 0 radical (unpaired) electrons. The number of phenols is 1. The minimum absolute atomic E-state index is 0.115. The molecule has 1 aromatic carbocycles. The third kappa shape index (κ3) is 3.11. The molecule has 1 aromatic heterocycles. The van der Waals surface area contributed by atoms with Crippen LogP contribution in [0.4, 0.5) is 0 Å². The smallest absolute Gasteiger partial charge is 0.251 e. The van der Waals surface area contributed by atoms with Gasteiger partial charge in [-0.3, -0.25) is 0 Å². The molecule has 0 spiro atoms. The summed E-state index contributed by atoms with van der Waals surface area (Å²) in [7, 11) is -3.52. The van der Waals surface area contributed by atoms with Crippen molar-refractivity contribution in [3.05, 3.63) is 45.7 Å². The van der Waals surface area contributed by atoms with E-state index in [9.17, 15) is 13.5 Å². The van der Waals surface area contributed by atoms with E-state index in [1.807, 2.05) is 0 Å². The van der Waals surface area contributed by atoms with Gasteiger partial charge in [0.25, 0.3) is 10.0 Å². The zero-order valence-corrected chi connectivity index (χ0v) is 12.3. The second-order valence-electron chi connectivity index (χ2n) is 3.55. The summed E-state index contributed by atoms with van der Waals surface area (Å²) in [6.07, 6.45) is 0. The Morgan fingerprint density at radius 3 is 2.72 bits per heavy atom. The molecule has 0 aliphatic heterocycles. The van der Waals surface area contributed by atoms with Crippen molar-refractivity contribution in [2.75, 3.05) is 0 Å². The highest BCUT2D eigenvalue weighted by molar-refractivity contribution is 9.10. The van der Waals surface area contributed by atoms with E-state index in [1.165, 1.54) is 12.1 Å². The van der Waals surface area contributed by atoms with Crippen LogP contribution in [0, 0.1) is 0 Å². The summed E-state index contributed by atoms with van der Waals surface area (Å²) >= 11 is 4.34. The van der Waals surface area contributed by atoms with E-state index in [2.05, 4.69) is 20.7 Å². The predicted octanol–water partition coefficient (Wildman–Crippen LogP) is 2.69. The number of hydrogen-bond acceptors (Lipinski definition) is 4. The molecule has 4 nitrogen and oxygen atoms in total. The Morgan fingerprint density at radius 1 is 1.33 bits per heavy atom. The molecular formula is C11H10BrNO3S2. The van der Waals surface area contributed by atoms with Gasteiger partial charge in [-0.2, -0.15) is 0 Å². The van der Waals surface area contributed by atoms with Crippen LogP contribution in [0.15, 0.2) is 44.4 Å². The molecule has 96 valence electrons. The first-order valence-electron chi connectivity index (χ1n) is 4.99. The molecule has 0 fully saturated rings. The highest BCUT2D eigenvalue weighted by Gasteiger charge is 2.18. The van der Waals surface area contributed by atoms with Crippen LogP contribution in [0.25, 0.3) is 0 Å². The van der Waals surface area contributed by atoms with Crippen molar-refractivity contribution < 1.29 is 13.5 Å². The Labute approximate surface area is 117 Å². The first-order valence-corrected chi connectivity index (χ1v) is 8.15. The van der Waals surface area contributed by atoms with Crippen LogP contribution in [0.1, 0.15) is 5.56 Å². The Morgan fingerprint density at radius 2 is 2.11 bits per heavy atom. The van der Waals surface area contributed by atoms with Crippen LogP contribution in [-0.4, -0.2) is 13.5 Å². The molecule has 0 bridgehead atoms. The number of aromatic hydroxyl groups is 1. The molecule has 0 saturated carbocycles. The maximum atomic E-state index is 12.0. The zero-order valence-electron chi connectivity index (χ0n) is 9.13. The summed E-state index contributed by atoms with van der Waals surface area (Å²) < 4.78 is 27.2. The summed E-state index contributed by atoms with van der Waals surface area (Å²) in [5.74, 6) is 0.115. The van der Waals surface area contributed by atoms with Crippen molar-refractivity contribution in [3.8, 4) is 5.75 Å². The van der Waals surface area contributed by atoms with E-state index < -0.39 is 10.0 Å². The lowest BCUT2D eigenvalue weighted by atomic mass is 10.2. The van der Waals surface area contributed by atoms with E-state index in [0.717, 1.165) is 11.3 Å². The monoisotopic (exact) mass is 347 g/mol. The van der Waals surface area contributed by atoms with Gasteiger partial charge in [-0.15, -0.1) is 11.3 Å². The normalized spacial score (nSPS) is 11.6. The van der Waals surface area contributed by atoms with Gasteiger partial charge in [-0.1, -0.05) is 12.1 Å². The van der Waals surface area contributed by atoms with Crippen LogP contribution >= 0.6 is 27.3 Å². The van der Waals surface area contributed by atoms with Gasteiger partial charge in [0.05, 0.1) is 0 Å². The Kier molecular flexibility index (Phi) is 4.06. The highest BCUT2D eigenvalue weighted by atomic mass is 79.9. The van der Waals surface area contributed by atoms with E-state index in [-0.39, 0.29) is 16.5 Å². The SMILES string of the molecule is O=S(=O)(NCc1cccc(O)c1)c1sccc1Br. The van der Waals surface area contributed by atoms with Crippen molar-refractivity contribution in [2.45, 2.75) is 10.8 Å². The molecule has 2 N–H and O–H groups in total. The second-order valence-corrected chi connectivity index (χ2v) is 7.28. The molecule has 7 heteroatoms. The summed E-state index contributed by atoms with van der Waals surface area (Å²) in [6.45, 7) is 0.140. The minimum atomic E-state index is -3.52. The number of thiophene rings is 1. The fourth-order valence-corrected chi connectivity index (χ4v) is 4.78. The van der Waals surface area contributed by atoms with Crippen molar-refractivity contribution in [3.63, 3.8) is 0 Å². The molecular weight excluding hydrogens is 338 g/mol. The molecule has 0 amide bonds. The maximum absolute atomic E-state index is 12.0. The number of rotatable bonds is 4. The Hall–Kier alpha value is -0.890. The van der Waals surface area contributed by atoms with Crippen LogP contribution in [0.5, 0.6) is 5.75 Å². The molecule has 1 heterocycles. The molecule has 2 aromatic rings. The van der Waals surface area contributed by atoms with Crippen molar-refractivity contribution in [1.82, 2.24) is 4.72 Å². The number of halogens is 1. The number of benzene rings is 1. The molecule has 18 heavy (non-hydrogen) atoms. The van der Waals surface area contributed by atoms with Crippen LogP contribution in [-0.2, 0) is 16.6 Å². The Bertz CT molecular complexity index is 652. The van der Waals surface area contributed by atoms with Gasteiger partial charge in [0.2, 0.25) is 0 Å². The number of phenolic OH excluding ortho intramolecular Hbond substituents is 1. The number of nitrogens with one attached hydrogen (secondary N) is 1. The zero-order chi connectivity index (χ0) is 13.2. The number of hydrogen-bond donors (Lipinski definition) is 2. The summed E-state index contributed by atoms with van der Waals surface area (Å²) in [6, 6.07) is 8.15. The van der Waals surface area contributed by atoms with Crippen LogP contribution in [0.2, 0.25) is 0 Å². The van der Waals surface area contributed by atoms with Gasteiger partial charge >= 0.3 is 0 Å². The molecule has 0 saturated heterocycles. The van der Waals surface area contributed by atoms with Crippen molar-refractivity contribution >= 4 is 37.3 Å². The quantitative estimate of drug-likeness (QED) is 0.893. The first-order chi connectivity index (χ1) is 8.49. The minimum Gasteiger partial charge on any atom is -0.508 e. The lowest BCUT2D eigenvalue weighted by Gasteiger charge is -2.06. The molecule has 0 atom stereocenters. The standard InChI is InChI=1S/C11H10BrNO3S2/c12-10-4-5-17-11(10)18(15,16)13-7-8-2-1-3-9(14)6-8/h1-6,13-14H,7H2. The van der Waals surface area contributed by atoms with Gasteiger partial charge in [0, 0.05) is 11.0 Å². The summed E-state index contributed by atoms with van der Waals surface area (Å²) in [5.41, 5.74) is 0.700. The Balaban J connectivity index is 2.13. The molecule has 0 aliphatic carbocycles. The van der Waals surface area contributed by atoms with Gasteiger partial charge in [-0.25, -0.2) is 13.1 Å². The predicted molar refractivity (Wildman–Crippen MR) is 74.2 cm³/mol. The fourth-order valence-electron chi connectivity index (χ4n) is 1.38. The number of sulfonamides is 1. The second kappa shape index (κ2) is 5.40. The third-order valence-electron chi connectivity index (χ3n) is 2.21. The van der Waals surface area contributed by atoms with Crippen LogP contribution < -0.4 is 4.72 Å².